The van der Waals surface area contributed by atoms with Crippen LogP contribution in [0.1, 0.15) is 37.0 Å². The molecule has 7 heteroatoms. The lowest BCUT2D eigenvalue weighted by Gasteiger charge is -2.22. The van der Waals surface area contributed by atoms with Crippen molar-refractivity contribution in [1.29, 1.82) is 0 Å². The van der Waals surface area contributed by atoms with Crippen LogP contribution in [0.2, 0.25) is 0 Å². The number of carbonyl (C=O) groups excluding carboxylic acids is 1. The summed E-state index contributed by atoms with van der Waals surface area (Å²) in [5, 5.41) is 2.73. The molecule has 0 saturated heterocycles. The normalized spacial score (nSPS) is 11.2. The lowest BCUT2D eigenvalue weighted by Crippen LogP contribution is -2.31. The highest BCUT2D eigenvalue weighted by Gasteiger charge is 2.21. The first-order chi connectivity index (χ1) is 9.85. The first kappa shape index (κ1) is 17.3. The predicted molar refractivity (Wildman–Crippen MR) is 86.0 cm³/mol. The van der Waals surface area contributed by atoms with E-state index < -0.39 is 10.0 Å². The monoisotopic (exact) mass is 313 g/mol. The molecule has 0 bridgehead atoms. The molecule has 0 atom stereocenters. The van der Waals surface area contributed by atoms with Crippen molar-refractivity contribution in [2.45, 2.75) is 26.7 Å². The molecule has 0 aliphatic rings. The third kappa shape index (κ3) is 4.10. The summed E-state index contributed by atoms with van der Waals surface area (Å²) in [6.07, 6.45) is 1.33. The number of rotatable bonds is 7. The van der Waals surface area contributed by atoms with Gasteiger partial charge < -0.3 is 11.1 Å². The van der Waals surface area contributed by atoms with Gasteiger partial charge in [-0.25, -0.2) is 8.42 Å². The molecule has 0 aromatic heterocycles. The van der Waals surface area contributed by atoms with Crippen LogP contribution in [0.15, 0.2) is 18.2 Å². The number of nitrogens with two attached hydrogens (primary N) is 1. The van der Waals surface area contributed by atoms with E-state index in [2.05, 4.69) is 5.32 Å². The maximum atomic E-state index is 12.1. The Hall–Kier alpha value is -1.76. The van der Waals surface area contributed by atoms with Crippen LogP contribution in [0.3, 0.4) is 0 Å². The van der Waals surface area contributed by atoms with Gasteiger partial charge in [0.1, 0.15) is 0 Å². The molecule has 1 rings (SSSR count). The minimum atomic E-state index is -3.42. The summed E-state index contributed by atoms with van der Waals surface area (Å²) in [6, 6.07) is 4.81. The fourth-order valence-corrected chi connectivity index (χ4v) is 3.15. The Labute approximate surface area is 126 Å². The second-order valence-electron chi connectivity index (χ2n) is 4.78. The SMILES string of the molecule is CCCNC(=O)c1cccc(N(C)S(=O)(=O)CCC)c1N. The first-order valence-electron chi connectivity index (χ1n) is 6.98. The van der Waals surface area contributed by atoms with Gasteiger partial charge in [-0.3, -0.25) is 9.10 Å². The summed E-state index contributed by atoms with van der Waals surface area (Å²) in [5.41, 5.74) is 6.77. The molecule has 3 N–H and O–H groups in total. The van der Waals surface area contributed by atoms with E-state index in [4.69, 9.17) is 5.73 Å². The maximum Gasteiger partial charge on any atom is 0.253 e. The Morgan fingerprint density at radius 3 is 2.52 bits per heavy atom. The van der Waals surface area contributed by atoms with E-state index in [0.29, 0.717) is 24.2 Å². The Bertz CT molecular complexity index is 599. The second kappa shape index (κ2) is 7.31. The zero-order chi connectivity index (χ0) is 16.0. The van der Waals surface area contributed by atoms with Crippen molar-refractivity contribution in [3.8, 4) is 0 Å². The van der Waals surface area contributed by atoms with E-state index in [0.717, 1.165) is 10.7 Å². The number of sulfonamides is 1. The average Bonchev–Trinajstić information content (AvgIpc) is 2.44. The standard InChI is InChI=1S/C14H23N3O3S/c1-4-9-16-14(18)11-7-6-8-12(13(11)15)17(3)21(19,20)10-5-2/h6-8H,4-5,9-10,15H2,1-3H3,(H,16,18). The third-order valence-electron chi connectivity index (χ3n) is 3.08. The lowest BCUT2D eigenvalue weighted by molar-refractivity contribution is 0.0954. The molecule has 1 amide bonds. The van der Waals surface area contributed by atoms with Gasteiger partial charge in [0.2, 0.25) is 10.0 Å². The van der Waals surface area contributed by atoms with Crippen LogP contribution in [-0.2, 0) is 10.0 Å². The third-order valence-corrected chi connectivity index (χ3v) is 5.04. The number of anilines is 2. The molecule has 0 saturated carbocycles. The van der Waals surface area contributed by atoms with Crippen LogP contribution < -0.4 is 15.4 Å². The number of hydrogen-bond donors (Lipinski definition) is 2. The van der Waals surface area contributed by atoms with Crippen molar-refractivity contribution in [2.24, 2.45) is 0 Å². The number of para-hydroxylation sites is 1. The molecule has 0 fully saturated rings. The summed E-state index contributed by atoms with van der Waals surface area (Å²) < 4.78 is 25.4. The molecule has 0 unspecified atom stereocenters. The van der Waals surface area contributed by atoms with E-state index in [1.54, 1.807) is 25.1 Å². The molecule has 0 heterocycles. The van der Waals surface area contributed by atoms with Gasteiger partial charge in [-0.05, 0) is 25.0 Å². The highest BCUT2D eigenvalue weighted by Crippen LogP contribution is 2.28. The van der Waals surface area contributed by atoms with E-state index >= 15 is 0 Å². The largest absolute Gasteiger partial charge is 0.396 e. The van der Waals surface area contributed by atoms with Crippen LogP contribution in [0.5, 0.6) is 0 Å². The molecule has 118 valence electrons. The molecule has 21 heavy (non-hydrogen) atoms. The van der Waals surface area contributed by atoms with Crippen LogP contribution >= 0.6 is 0 Å². The molecule has 0 aliphatic carbocycles. The minimum absolute atomic E-state index is 0.0369. The number of nitrogen functional groups attached to an aromatic ring is 1. The zero-order valence-electron chi connectivity index (χ0n) is 12.7. The number of hydrogen-bond acceptors (Lipinski definition) is 4. The Morgan fingerprint density at radius 2 is 1.95 bits per heavy atom. The Balaban J connectivity index is 3.14. The number of nitrogens with zero attached hydrogens (tertiary/aromatic N) is 1. The molecular weight excluding hydrogens is 290 g/mol. The van der Waals surface area contributed by atoms with Crippen LogP contribution in [-0.4, -0.2) is 33.7 Å². The van der Waals surface area contributed by atoms with Gasteiger partial charge in [-0.15, -0.1) is 0 Å². The molecular formula is C14H23N3O3S. The highest BCUT2D eigenvalue weighted by atomic mass is 32.2. The molecule has 0 aliphatic heterocycles. The number of benzene rings is 1. The molecule has 6 nitrogen and oxygen atoms in total. The fraction of sp³-hybridized carbons (Fsp3) is 0.500. The summed E-state index contributed by atoms with van der Waals surface area (Å²) in [4.78, 5) is 12.0. The number of amides is 1. The van der Waals surface area contributed by atoms with E-state index in [1.807, 2.05) is 6.92 Å². The fourth-order valence-electron chi connectivity index (χ4n) is 1.90. The summed E-state index contributed by atoms with van der Waals surface area (Å²) in [5.74, 6) is -0.257. The highest BCUT2D eigenvalue weighted by molar-refractivity contribution is 7.92. The van der Waals surface area contributed by atoms with Crippen LogP contribution in [0, 0.1) is 0 Å². The molecule has 1 aromatic carbocycles. The predicted octanol–water partition coefficient (Wildman–Crippen LogP) is 1.58. The minimum Gasteiger partial charge on any atom is -0.396 e. The van der Waals surface area contributed by atoms with Crippen molar-refractivity contribution < 1.29 is 13.2 Å². The molecule has 0 radical (unpaired) electrons. The topological polar surface area (TPSA) is 92.5 Å². The maximum absolute atomic E-state index is 12.1. The van der Waals surface area contributed by atoms with E-state index in [-0.39, 0.29) is 17.3 Å². The summed E-state index contributed by atoms with van der Waals surface area (Å²) >= 11 is 0. The van der Waals surface area contributed by atoms with Crippen LogP contribution in [0.4, 0.5) is 11.4 Å². The smallest absolute Gasteiger partial charge is 0.253 e. The van der Waals surface area contributed by atoms with Crippen molar-refractivity contribution in [3.05, 3.63) is 23.8 Å². The second-order valence-corrected chi connectivity index (χ2v) is 6.90. The molecule has 0 spiro atoms. The zero-order valence-corrected chi connectivity index (χ0v) is 13.5. The van der Waals surface area contributed by atoms with Gasteiger partial charge in [0.05, 0.1) is 22.7 Å². The van der Waals surface area contributed by atoms with Gasteiger partial charge in [0.15, 0.2) is 0 Å². The summed E-state index contributed by atoms with van der Waals surface area (Å²) in [7, 11) is -1.97. The molecule has 1 aromatic rings. The van der Waals surface area contributed by atoms with Crippen molar-refractivity contribution in [2.75, 3.05) is 29.4 Å². The van der Waals surface area contributed by atoms with E-state index in [9.17, 15) is 13.2 Å². The van der Waals surface area contributed by atoms with Gasteiger partial charge in [-0.1, -0.05) is 19.9 Å². The first-order valence-corrected chi connectivity index (χ1v) is 8.59. The van der Waals surface area contributed by atoms with Gasteiger partial charge in [0.25, 0.3) is 5.91 Å². The van der Waals surface area contributed by atoms with Crippen molar-refractivity contribution in [1.82, 2.24) is 5.32 Å². The van der Waals surface area contributed by atoms with Crippen molar-refractivity contribution in [3.63, 3.8) is 0 Å². The van der Waals surface area contributed by atoms with Gasteiger partial charge >= 0.3 is 0 Å². The summed E-state index contributed by atoms with van der Waals surface area (Å²) in [6.45, 7) is 4.29. The van der Waals surface area contributed by atoms with Gasteiger partial charge in [0, 0.05) is 13.6 Å². The quantitative estimate of drug-likeness (QED) is 0.748. The van der Waals surface area contributed by atoms with E-state index in [1.165, 1.54) is 7.05 Å². The van der Waals surface area contributed by atoms with Crippen LogP contribution in [0.25, 0.3) is 0 Å². The lowest BCUT2D eigenvalue weighted by atomic mass is 10.1. The Kier molecular flexibility index (Phi) is 6.02. The number of nitrogens with one attached hydrogen (secondary N) is 1. The Morgan fingerprint density at radius 1 is 1.29 bits per heavy atom. The van der Waals surface area contributed by atoms with Gasteiger partial charge in [-0.2, -0.15) is 0 Å². The number of carbonyl (C=O) groups is 1. The average molecular weight is 313 g/mol. The van der Waals surface area contributed by atoms with Crippen molar-refractivity contribution >= 4 is 27.3 Å².